The number of ether oxygens (including phenoxy) is 2. The Labute approximate surface area is 248 Å². The number of nitrogens with one attached hydrogen (secondary N) is 2. The topological polar surface area (TPSA) is 83.6 Å². The second-order valence-electron chi connectivity index (χ2n) is 9.83. The first-order chi connectivity index (χ1) is 20.2. The third-order valence-electron chi connectivity index (χ3n) is 6.92. The maximum Gasteiger partial charge on any atom is 0.305 e. The highest BCUT2D eigenvalue weighted by Crippen LogP contribution is 2.32. The maximum atomic E-state index is 12.1. The van der Waals surface area contributed by atoms with E-state index < -0.39 is 6.10 Å². The summed E-state index contributed by atoms with van der Waals surface area (Å²) in [6.07, 6.45) is 1.22. The molecule has 0 bridgehead atoms. The molecule has 1 aromatic heterocycles. The van der Waals surface area contributed by atoms with E-state index in [0.717, 1.165) is 71.3 Å². The Morgan fingerprint density at radius 1 is 0.927 bits per heavy atom. The first kappa shape index (κ1) is 29.4. The van der Waals surface area contributed by atoms with Crippen LogP contribution in [0.4, 0.5) is 0 Å². The predicted molar refractivity (Wildman–Crippen MR) is 171 cm³/mol. The van der Waals surface area contributed by atoms with Crippen LogP contribution in [0.25, 0.3) is 21.0 Å². The van der Waals surface area contributed by atoms with Gasteiger partial charge in [0.1, 0.15) is 17.9 Å². The van der Waals surface area contributed by atoms with Crippen molar-refractivity contribution >= 4 is 44.1 Å². The monoisotopic (exact) mass is 588 g/mol. The van der Waals surface area contributed by atoms with Gasteiger partial charge in [0, 0.05) is 17.9 Å². The van der Waals surface area contributed by atoms with Crippen molar-refractivity contribution in [1.29, 1.82) is 0 Å². The number of H-pyrrole nitrogens is 1. The van der Waals surface area contributed by atoms with E-state index >= 15 is 0 Å². The van der Waals surface area contributed by atoms with Gasteiger partial charge in [0.25, 0.3) is 0 Å². The first-order valence-electron chi connectivity index (χ1n) is 14.0. The number of hydrogen-bond donors (Lipinski definition) is 3. The SMILES string of the molecule is O=c1[nH]c2c(OCc3ccccc3)ccc([C@@H](O)CNCCCSCCOCCc3cccc4ccccc34)c2s1. The normalized spacial score (nSPS) is 12.2. The Balaban J connectivity index is 0.974. The van der Waals surface area contributed by atoms with Crippen molar-refractivity contribution in [2.75, 3.05) is 37.8 Å². The molecule has 0 aliphatic heterocycles. The second kappa shape index (κ2) is 15.2. The molecule has 1 heterocycles. The quantitative estimate of drug-likeness (QED) is 0.117. The number of rotatable bonds is 16. The van der Waals surface area contributed by atoms with Crippen LogP contribution < -0.4 is 14.9 Å². The molecule has 1 atom stereocenters. The zero-order chi connectivity index (χ0) is 28.3. The smallest absolute Gasteiger partial charge is 0.305 e. The van der Waals surface area contributed by atoms with Crippen molar-refractivity contribution < 1.29 is 14.6 Å². The standard InChI is InChI=1S/C33H36N2O4S2/c36-29(28-14-15-30(31-32(28)41-33(37)35-31)39-23-24-8-2-1-3-9-24)22-34-17-7-20-40-21-19-38-18-16-26-12-6-11-25-10-4-5-13-27(25)26/h1-6,8-15,29,34,36H,7,16-23H2,(H,35,37)/t29-/m0/s1. The number of hydrogen-bond acceptors (Lipinski definition) is 7. The zero-order valence-electron chi connectivity index (χ0n) is 23.0. The van der Waals surface area contributed by atoms with Crippen molar-refractivity contribution in [3.63, 3.8) is 0 Å². The van der Waals surface area contributed by atoms with E-state index in [-0.39, 0.29) is 4.87 Å². The fourth-order valence-electron chi connectivity index (χ4n) is 4.81. The molecule has 214 valence electrons. The molecular formula is C33H36N2O4S2. The lowest BCUT2D eigenvalue weighted by atomic mass is 10.0. The summed E-state index contributed by atoms with van der Waals surface area (Å²) in [5, 5.41) is 16.8. The number of aliphatic hydroxyl groups is 1. The molecule has 6 nitrogen and oxygen atoms in total. The summed E-state index contributed by atoms with van der Waals surface area (Å²) in [5.41, 5.74) is 3.76. The highest BCUT2D eigenvalue weighted by Gasteiger charge is 2.17. The van der Waals surface area contributed by atoms with Crippen molar-refractivity contribution in [3.05, 3.63) is 111 Å². The maximum absolute atomic E-state index is 12.1. The molecule has 0 aliphatic carbocycles. The van der Waals surface area contributed by atoms with Gasteiger partial charge in [0.2, 0.25) is 0 Å². The lowest BCUT2D eigenvalue weighted by molar-refractivity contribution is 0.153. The van der Waals surface area contributed by atoms with Gasteiger partial charge in [0.15, 0.2) is 0 Å². The largest absolute Gasteiger partial charge is 0.487 e. The Bertz CT molecular complexity index is 1580. The zero-order valence-corrected chi connectivity index (χ0v) is 24.6. The van der Waals surface area contributed by atoms with Crippen LogP contribution in [0.3, 0.4) is 0 Å². The van der Waals surface area contributed by atoms with Crippen LogP contribution in [-0.4, -0.2) is 47.9 Å². The Hall–Kier alpha value is -3.14. The van der Waals surface area contributed by atoms with E-state index in [9.17, 15) is 9.90 Å². The highest BCUT2D eigenvalue weighted by molar-refractivity contribution is 7.99. The van der Waals surface area contributed by atoms with Gasteiger partial charge in [0.05, 0.1) is 24.0 Å². The summed E-state index contributed by atoms with van der Waals surface area (Å²) in [6.45, 7) is 3.13. The minimum absolute atomic E-state index is 0.160. The van der Waals surface area contributed by atoms with Gasteiger partial charge >= 0.3 is 4.87 Å². The summed E-state index contributed by atoms with van der Waals surface area (Å²) >= 11 is 2.99. The highest BCUT2D eigenvalue weighted by atomic mass is 32.2. The van der Waals surface area contributed by atoms with Crippen LogP contribution in [-0.2, 0) is 17.8 Å². The van der Waals surface area contributed by atoms with Gasteiger partial charge in [-0.25, -0.2) is 0 Å². The van der Waals surface area contributed by atoms with E-state index in [4.69, 9.17) is 9.47 Å². The molecule has 0 spiro atoms. The van der Waals surface area contributed by atoms with Crippen LogP contribution in [0, 0.1) is 0 Å². The van der Waals surface area contributed by atoms with Gasteiger partial charge in [-0.05, 0) is 53.1 Å². The Morgan fingerprint density at radius 3 is 2.66 bits per heavy atom. The van der Waals surface area contributed by atoms with E-state index in [1.54, 1.807) is 0 Å². The third kappa shape index (κ3) is 8.21. The summed E-state index contributed by atoms with van der Waals surface area (Å²) in [4.78, 5) is 14.9. The average molecular weight is 589 g/mol. The van der Waals surface area contributed by atoms with Gasteiger partial charge in [-0.3, -0.25) is 4.79 Å². The van der Waals surface area contributed by atoms with Crippen LogP contribution >= 0.6 is 23.1 Å². The minimum atomic E-state index is -0.713. The molecule has 3 N–H and O–H groups in total. The predicted octanol–water partition coefficient (Wildman–Crippen LogP) is 6.33. The number of benzene rings is 4. The van der Waals surface area contributed by atoms with Gasteiger partial charge in [-0.15, -0.1) is 0 Å². The molecule has 5 rings (SSSR count). The molecule has 41 heavy (non-hydrogen) atoms. The lowest BCUT2D eigenvalue weighted by Crippen LogP contribution is -2.23. The number of aromatic nitrogens is 1. The molecule has 0 amide bonds. The molecule has 5 aromatic rings. The number of thiazole rings is 1. The van der Waals surface area contributed by atoms with Crippen molar-refractivity contribution in [2.45, 2.75) is 25.6 Å². The summed E-state index contributed by atoms with van der Waals surface area (Å²) < 4.78 is 12.6. The molecular weight excluding hydrogens is 553 g/mol. The van der Waals surface area contributed by atoms with Crippen molar-refractivity contribution in [2.24, 2.45) is 0 Å². The van der Waals surface area contributed by atoms with Crippen molar-refractivity contribution in [3.8, 4) is 5.75 Å². The molecule has 0 saturated carbocycles. The van der Waals surface area contributed by atoms with Crippen molar-refractivity contribution in [1.82, 2.24) is 10.3 Å². The molecule has 0 unspecified atom stereocenters. The average Bonchev–Trinajstić information content (AvgIpc) is 3.40. The molecule has 0 saturated heterocycles. The summed E-state index contributed by atoms with van der Waals surface area (Å²) in [7, 11) is 0. The lowest BCUT2D eigenvalue weighted by Gasteiger charge is -2.15. The van der Waals surface area contributed by atoms with Gasteiger partial charge in [-0.1, -0.05) is 90.2 Å². The second-order valence-corrected chi connectivity index (χ2v) is 12.0. The molecule has 4 aromatic carbocycles. The number of aliphatic hydroxyl groups excluding tert-OH is 1. The van der Waals surface area contributed by atoms with E-state index in [1.165, 1.54) is 16.3 Å². The molecule has 0 radical (unpaired) electrons. The number of thioether (sulfide) groups is 1. The molecule has 0 aliphatic rings. The molecule has 8 heteroatoms. The molecule has 0 fully saturated rings. The summed E-state index contributed by atoms with van der Waals surface area (Å²) in [6, 6.07) is 28.5. The number of fused-ring (bicyclic) bond motifs is 2. The fourth-order valence-corrected chi connectivity index (χ4v) is 6.51. The fraction of sp³-hybridized carbons (Fsp3) is 0.303. The minimum Gasteiger partial charge on any atom is -0.487 e. The Kier molecular flexibility index (Phi) is 10.9. The van der Waals surface area contributed by atoms with E-state index in [2.05, 4.69) is 52.8 Å². The van der Waals surface area contributed by atoms with Crippen LogP contribution in [0.2, 0.25) is 0 Å². The van der Waals surface area contributed by atoms with Crippen LogP contribution in [0.5, 0.6) is 5.75 Å². The van der Waals surface area contributed by atoms with E-state index in [0.29, 0.717) is 24.4 Å². The number of aromatic amines is 1. The third-order valence-corrected chi connectivity index (χ3v) is 8.88. The van der Waals surface area contributed by atoms with Crippen LogP contribution in [0.1, 0.15) is 29.2 Å². The van der Waals surface area contributed by atoms with E-state index in [1.807, 2.05) is 54.2 Å². The Morgan fingerprint density at radius 2 is 1.76 bits per heavy atom. The van der Waals surface area contributed by atoms with Gasteiger partial charge in [-0.2, -0.15) is 11.8 Å². The van der Waals surface area contributed by atoms with Crippen LogP contribution in [0.15, 0.2) is 89.7 Å². The first-order valence-corrected chi connectivity index (χ1v) is 16.0. The summed E-state index contributed by atoms with van der Waals surface area (Å²) in [5.74, 6) is 2.62. The van der Waals surface area contributed by atoms with Gasteiger partial charge < -0.3 is 24.9 Å².